The molecule has 0 saturated carbocycles. The van der Waals surface area contributed by atoms with Crippen molar-refractivity contribution in [3.05, 3.63) is 18.5 Å². The average Bonchev–Trinajstić information content (AvgIpc) is 2.55. The molecule has 2 atom stereocenters. The Morgan fingerprint density at radius 1 is 1.17 bits per heavy atom. The second kappa shape index (κ2) is 7.12. The summed E-state index contributed by atoms with van der Waals surface area (Å²) in [7, 11) is 0. The summed E-state index contributed by atoms with van der Waals surface area (Å²) in [5.74, 6) is 0.771. The number of urea groups is 1. The molecule has 3 heterocycles. The Morgan fingerprint density at radius 3 is 2.39 bits per heavy atom. The number of morpholine rings is 1. The van der Waals surface area contributed by atoms with E-state index >= 15 is 0 Å². The average molecular weight is 319 g/mol. The number of anilines is 1. The van der Waals surface area contributed by atoms with Crippen LogP contribution in [0, 0.1) is 0 Å². The Hall–Kier alpha value is -1.89. The minimum Gasteiger partial charge on any atom is -0.372 e. The first kappa shape index (κ1) is 16.0. The zero-order valence-electron chi connectivity index (χ0n) is 13.8. The zero-order chi connectivity index (χ0) is 16.2. The van der Waals surface area contributed by atoms with Crippen molar-refractivity contribution in [2.75, 3.05) is 31.1 Å². The van der Waals surface area contributed by atoms with Crippen LogP contribution >= 0.6 is 0 Å². The van der Waals surface area contributed by atoms with Crippen LogP contribution in [0.3, 0.4) is 0 Å². The molecule has 2 fully saturated rings. The van der Waals surface area contributed by atoms with Gasteiger partial charge in [-0.2, -0.15) is 0 Å². The molecule has 1 aromatic heterocycles. The van der Waals surface area contributed by atoms with Crippen LogP contribution in [0.5, 0.6) is 0 Å². The first-order valence-electron chi connectivity index (χ1n) is 8.34. The number of carbonyl (C=O) groups excluding carboxylic acids is 1. The fraction of sp³-hybridized carbons (Fsp3) is 0.688. The number of ether oxygens (including phenoxy) is 1. The number of carbonyl (C=O) groups is 1. The molecule has 126 valence electrons. The van der Waals surface area contributed by atoms with Crippen LogP contribution in [-0.2, 0) is 4.74 Å². The summed E-state index contributed by atoms with van der Waals surface area (Å²) < 4.78 is 5.68. The maximum absolute atomic E-state index is 12.4. The van der Waals surface area contributed by atoms with Gasteiger partial charge in [0.25, 0.3) is 0 Å². The monoisotopic (exact) mass is 319 g/mol. The molecular formula is C16H25N5O2. The summed E-state index contributed by atoms with van der Waals surface area (Å²) in [5.41, 5.74) is 0. The SMILES string of the molecule is CC1CN(C(=O)NC2CCN(c3ncccn3)CC2)CC(C)O1. The van der Waals surface area contributed by atoms with Gasteiger partial charge in [0.2, 0.25) is 5.95 Å². The highest BCUT2D eigenvalue weighted by Gasteiger charge is 2.28. The summed E-state index contributed by atoms with van der Waals surface area (Å²) in [6.45, 7) is 7.07. The van der Waals surface area contributed by atoms with Gasteiger partial charge in [-0.1, -0.05) is 0 Å². The number of amides is 2. The second-order valence-electron chi connectivity index (χ2n) is 6.42. The lowest BCUT2D eigenvalue weighted by Gasteiger charge is -2.37. The number of aromatic nitrogens is 2. The van der Waals surface area contributed by atoms with Gasteiger partial charge in [0, 0.05) is 44.6 Å². The van der Waals surface area contributed by atoms with E-state index in [1.54, 1.807) is 12.4 Å². The van der Waals surface area contributed by atoms with Gasteiger partial charge in [0.15, 0.2) is 0 Å². The molecule has 7 heteroatoms. The maximum atomic E-state index is 12.4. The summed E-state index contributed by atoms with van der Waals surface area (Å²) in [5, 5.41) is 3.17. The Morgan fingerprint density at radius 2 is 1.78 bits per heavy atom. The van der Waals surface area contributed by atoms with Gasteiger partial charge in [-0.3, -0.25) is 0 Å². The molecule has 2 aliphatic heterocycles. The second-order valence-corrected chi connectivity index (χ2v) is 6.42. The zero-order valence-corrected chi connectivity index (χ0v) is 13.8. The fourth-order valence-corrected chi connectivity index (χ4v) is 3.29. The lowest BCUT2D eigenvalue weighted by Crippen LogP contribution is -2.55. The van der Waals surface area contributed by atoms with E-state index in [9.17, 15) is 4.79 Å². The van der Waals surface area contributed by atoms with Gasteiger partial charge in [-0.05, 0) is 32.8 Å². The third kappa shape index (κ3) is 4.10. The first-order chi connectivity index (χ1) is 11.1. The lowest BCUT2D eigenvalue weighted by atomic mass is 10.1. The molecule has 0 bridgehead atoms. The fourth-order valence-electron chi connectivity index (χ4n) is 3.29. The Bertz CT molecular complexity index is 508. The summed E-state index contributed by atoms with van der Waals surface area (Å²) >= 11 is 0. The molecule has 2 saturated heterocycles. The van der Waals surface area contributed by atoms with E-state index in [1.165, 1.54) is 0 Å². The topological polar surface area (TPSA) is 70.6 Å². The molecule has 1 aromatic rings. The van der Waals surface area contributed by atoms with E-state index in [0.717, 1.165) is 31.9 Å². The Kier molecular flexibility index (Phi) is 4.95. The number of rotatable bonds is 2. The van der Waals surface area contributed by atoms with Crippen molar-refractivity contribution in [3.63, 3.8) is 0 Å². The Balaban J connectivity index is 1.48. The van der Waals surface area contributed by atoms with Crippen LogP contribution in [-0.4, -0.2) is 65.3 Å². The van der Waals surface area contributed by atoms with Gasteiger partial charge in [-0.15, -0.1) is 0 Å². The molecule has 0 spiro atoms. The van der Waals surface area contributed by atoms with Crippen LogP contribution < -0.4 is 10.2 Å². The van der Waals surface area contributed by atoms with Crippen molar-refractivity contribution in [1.29, 1.82) is 0 Å². The van der Waals surface area contributed by atoms with Crippen LogP contribution in [0.25, 0.3) is 0 Å². The van der Waals surface area contributed by atoms with E-state index in [-0.39, 0.29) is 24.3 Å². The Labute approximate surface area is 137 Å². The molecular weight excluding hydrogens is 294 g/mol. The van der Waals surface area contributed by atoms with Gasteiger partial charge in [0.05, 0.1) is 12.2 Å². The third-order valence-corrected chi connectivity index (χ3v) is 4.36. The lowest BCUT2D eigenvalue weighted by molar-refractivity contribution is -0.0548. The van der Waals surface area contributed by atoms with Crippen LogP contribution in [0.1, 0.15) is 26.7 Å². The van der Waals surface area contributed by atoms with Crippen molar-refractivity contribution in [3.8, 4) is 0 Å². The van der Waals surface area contributed by atoms with Crippen LogP contribution in [0.15, 0.2) is 18.5 Å². The normalized spacial score (nSPS) is 26.2. The molecule has 7 nitrogen and oxygen atoms in total. The van der Waals surface area contributed by atoms with Crippen LogP contribution in [0.2, 0.25) is 0 Å². The van der Waals surface area contributed by atoms with E-state index in [1.807, 2.05) is 24.8 Å². The van der Waals surface area contributed by atoms with Crippen molar-refractivity contribution in [2.45, 2.75) is 44.9 Å². The van der Waals surface area contributed by atoms with E-state index in [4.69, 9.17) is 4.74 Å². The van der Waals surface area contributed by atoms with Gasteiger partial charge < -0.3 is 19.9 Å². The highest BCUT2D eigenvalue weighted by Crippen LogP contribution is 2.16. The molecule has 3 rings (SSSR count). The predicted octanol–water partition coefficient (Wildman–Crippen LogP) is 1.26. The number of nitrogens with one attached hydrogen (secondary N) is 1. The standard InChI is InChI=1S/C16H25N5O2/c1-12-10-21(11-13(2)23-12)16(22)19-14-4-8-20(9-5-14)15-17-6-3-7-18-15/h3,6-7,12-14H,4-5,8-11H2,1-2H3,(H,19,22). The molecule has 1 N–H and O–H groups in total. The predicted molar refractivity (Wildman–Crippen MR) is 87.4 cm³/mol. The molecule has 0 aliphatic carbocycles. The van der Waals surface area contributed by atoms with E-state index in [2.05, 4.69) is 20.2 Å². The van der Waals surface area contributed by atoms with E-state index in [0.29, 0.717) is 13.1 Å². The minimum atomic E-state index is 0.0291. The smallest absolute Gasteiger partial charge is 0.317 e. The van der Waals surface area contributed by atoms with Crippen molar-refractivity contribution >= 4 is 12.0 Å². The van der Waals surface area contributed by atoms with Gasteiger partial charge in [0.1, 0.15) is 0 Å². The van der Waals surface area contributed by atoms with Crippen molar-refractivity contribution in [1.82, 2.24) is 20.2 Å². The van der Waals surface area contributed by atoms with Crippen molar-refractivity contribution in [2.24, 2.45) is 0 Å². The number of piperidine rings is 1. The van der Waals surface area contributed by atoms with E-state index < -0.39 is 0 Å². The number of hydrogen-bond donors (Lipinski definition) is 1. The van der Waals surface area contributed by atoms with Crippen LogP contribution in [0.4, 0.5) is 10.7 Å². The highest BCUT2D eigenvalue weighted by atomic mass is 16.5. The molecule has 0 aromatic carbocycles. The first-order valence-corrected chi connectivity index (χ1v) is 8.34. The minimum absolute atomic E-state index is 0.0291. The third-order valence-electron chi connectivity index (χ3n) is 4.36. The summed E-state index contributed by atoms with van der Waals surface area (Å²) in [4.78, 5) is 25.0. The molecule has 2 amide bonds. The largest absolute Gasteiger partial charge is 0.372 e. The van der Waals surface area contributed by atoms with Gasteiger partial charge >= 0.3 is 6.03 Å². The van der Waals surface area contributed by atoms with Gasteiger partial charge in [-0.25, -0.2) is 14.8 Å². The number of nitrogens with zero attached hydrogens (tertiary/aromatic N) is 4. The maximum Gasteiger partial charge on any atom is 0.317 e. The number of hydrogen-bond acceptors (Lipinski definition) is 5. The molecule has 2 unspecified atom stereocenters. The summed E-state index contributed by atoms with van der Waals surface area (Å²) in [6, 6.07) is 2.07. The highest BCUT2D eigenvalue weighted by molar-refractivity contribution is 5.74. The molecule has 23 heavy (non-hydrogen) atoms. The quantitative estimate of drug-likeness (QED) is 0.889. The molecule has 2 aliphatic rings. The molecule has 0 radical (unpaired) electrons. The summed E-state index contributed by atoms with van der Waals surface area (Å²) in [6.07, 6.45) is 5.55. The van der Waals surface area contributed by atoms with Crippen molar-refractivity contribution < 1.29 is 9.53 Å².